The first-order valence-corrected chi connectivity index (χ1v) is 13.3. The first-order chi connectivity index (χ1) is 19.7. The molecule has 0 amide bonds. The Bertz CT molecular complexity index is 2060. The highest BCUT2D eigenvalue weighted by Crippen LogP contribution is 2.38. The minimum Gasteiger partial charge on any atom is -0.805 e. The van der Waals surface area contributed by atoms with E-state index in [1.165, 1.54) is 0 Å². The molecule has 0 spiro atoms. The fourth-order valence-electron chi connectivity index (χ4n) is 6.11. The van der Waals surface area contributed by atoms with Crippen molar-refractivity contribution in [2.45, 2.75) is 0 Å². The largest absolute Gasteiger partial charge is 0.805 e. The minimum absolute atomic E-state index is 0.690. The third-order valence-corrected chi connectivity index (χ3v) is 8.03. The van der Waals surface area contributed by atoms with E-state index in [1.807, 2.05) is 84.9 Å². The van der Waals surface area contributed by atoms with Gasteiger partial charge in [-0.1, -0.05) is 121 Å². The zero-order chi connectivity index (χ0) is 26.8. The number of nitrogens with zero attached hydrogens (tertiary/aromatic N) is 2. The molecule has 0 N–H and O–H groups in total. The number of hydrogen-bond acceptors (Lipinski definition) is 2. The van der Waals surface area contributed by atoms with Crippen LogP contribution < -0.4 is 0 Å². The molecule has 4 nitrogen and oxygen atoms in total. The Morgan fingerprint density at radius 3 is 1.10 bits per heavy atom. The average Bonchev–Trinajstić information content (AvgIpc) is 3.49. The molecule has 8 rings (SSSR count). The van der Waals surface area contributed by atoms with Gasteiger partial charge in [0, 0.05) is 43.7 Å². The van der Waals surface area contributed by atoms with Crippen LogP contribution in [0.2, 0.25) is 0 Å². The summed E-state index contributed by atoms with van der Waals surface area (Å²) in [5, 5.41) is 30.2. The summed E-state index contributed by atoms with van der Waals surface area (Å²) < 4.78 is 2.10. The van der Waals surface area contributed by atoms with Crippen molar-refractivity contribution in [3.8, 4) is 33.4 Å². The summed E-state index contributed by atoms with van der Waals surface area (Å²) in [4.78, 5) is 0. The highest BCUT2D eigenvalue weighted by molar-refractivity contribution is 6.14. The van der Waals surface area contributed by atoms with E-state index in [1.54, 1.807) is 0 Å². The molecule has 2 aromatic heterocycles. The summed E-state index contributed by atoms with van der Waals surface area (Å²) in [7, 11) is 0. The first-order valence-electron chi connectivity index (χ1n) is 13.3. The Morgan fingerprint density at radius 1 is 0.325 bits per heavy atom. The molecule has 0 saturated heterocycles. The van der Waals surface area contributed by atoms with Gasteiger partial charge in [-0.05, 0) is 34.4 Å². The van der Waals surface area contributed by atoms with Crippen LogP contribution in [0.5, 0.6) is 0 Å². The smallest absolute Gasteiger partial charge is 0.0523 e. The zero-order valence-electron chi connectivity index (χ0n) is 21.4. The van der Waals surface area contributed by atoms with Crippen LogP contribution in [-0.4, -0.2) is 9.46 Å². The molecule has 0 aliphatic carbocycles. The fraction of sp³-hybridized carbons (Fsp3) is 0. The van der Waals surface area contributed by atoms with E-state index in [4.69, 9.17) is 0 Å². The number of benzene rings is 6. The Kier molecular flexibility index (Phi) is 4.79. The third-order valence-electron chi connectivity index (χ3n) is 8.03. The van der Waals surface area contributed by atoms with Crippen molar-refractivity contribution < 1.29 is 0 Å². The lowest BCUT2D eigenvalue weighted by molar-refractivity contribution is 1.22. The maximum absolute atomic E-state index is 13.2. The molecule has 0 aliphatic heterocycles. The molecule has 0 atom stereocenters. The molecule has 8 aromatic rings. The van der Waals surface area contributed by atoms with Crippen LogP contribution in [0.3, 0.4) is 0 Å². The van der Waals surface area contributed by atoms with E-state index in [2.05, 4.69) is 48.5 Å². The monoisotopic (exact) mass is 514 g/mol. The molecule has 4 heteroatoms. The summed E-state index contributed by atoms with van der Waals surface area (Å²) >= 11 is 0. The van der Waals surface area contributed by atoms with E-state index < -0.39 is 0 Å². The van der Waals surface area contributed by atoms with Crippen molar-refractivity contribution in [3.63, 3.8) is 0 Å². The molecule has 0 unspecified atom stereocenters. The van der Waals surface area contributed by atoms with Gasteiger partial charge in [-0.15, -0.1) is 0 Å². The molecular formula is C36H22N2O2-2. The molecule has 0 aliphatic rings. The average molecular weight is 515 g/mol. The van der Waals surface area contributed by atoms with Gasteiger partial charge in [-0.2, -0.15) is 0 Å². The number of fused-ring (bicyclic) bond motifs is 6. The predicted octanol–water partition coefficient (Wildman–Crippen LogP) is 9.60. The van der Waals surface area contributed by atoms with Crippen molar-refractivity contribution in [2.75, 3.05) is 0 Å². The molecule has 190 valence electrons. The lowest BCUT2D eigenvalue weighted by Crippen LogP contribution is -1.89. The van der Waals surface area contributed by atoms with Crippen LogP contribution in [0, 0.1) is 10.4 Å². The molecule has 2 heterocycles. The zero-order valence-corrected chi connectivity index (χ0v) is 21.4. The maximum atomic E-state index is 13.2. The highest BCUT2D eigenvalue weighted by atomic mass is 16.5. The second-order valence-corrected chi connectivity index (χ2v) is 10.2. The second-order valence-electron chi connectivity index (χ2n) is 10.2. The van der Waals surface area contributed by atoms with Crippen molar-refractivity contribution >= 4 is 43.6 Å². The molecule has 0 saturated carbocycles. The Labute approximate surface area is 230 Å². The van der Waals surface area contributed by atoms with Gasteiger partial charge in [0.05, 0.1) is 11.0 Å². The minimum atomic E-state index is 0.690. The van der Waals surface area contributed by atoms with Gasteiger partial charge in [0.25, 0.3) is 0 Å². The third kappa shape index (κ3) is 3.20. The van der Waals surface area contributed by atoms with Crippen LogP contribution in [-0.2, 0) is 0 Å². The summed E-state index contributed by atoms with van der Waals surface area (Å²) in [6.45, 7) is 0. The Balaban J connectivity index is 1.17. The maximum Gasteiger partial charge on any atom is 0.0523 e. The fourth-order valence-corrected chi connectivity index (χ4v) is 6.11. The molecule has 40 heavy (non-hydrogen) atoms. The van der Waals surface area contributed by atoms with Crippen LogP contribution in [0.4, 0.5) is 0 Å². The van der Waals surface area contributed by atoms with Crippen LogP contribution in [0.15, 0.2) is 133 Å². The van der Waals surface area contributed by atoms with Crippen molar-refractivity contribution in [1.82, 2.24) is 9.46 Å². The summed E-state index contributed by atoms with van der Waals surface area (Å²) in [5.41, 5.74) is 8.79. The van der Waals surface area contributed by atoms with E-state index in [0.29, 0.717) is 22.1 Å². The van der Waals surface area contributed by atoms with Gasteiger partial charge in [0.2, 0.25) is 0 Å². The van der Waals surface area contributed by atoms with E-state index in [0.717, 1.165) is 64.4 Å². The van der Waals surface area contributed by atoms with Gasteiger partial charge in [0.1, 0.15) is 0 Å². The molecule has 0 radical (unpaired) electrons. The molecule has 6 aromatic carbocycles. The topological polar surface area (TPSA) is 56.0 Å². The quantitative estimate of drug-likeness (QED) is 0.236. The molecular weight excluding hydrogens is 492 g/mol. The summed E-state index contributed by atoms with van der Waals surface area (Å²) in [6, 6.07) is 44.2. The van der Waals surface area contributed by atoms with Gasteiger partial charge >= 0.3 is 0 Å². The highest BCUT2D eigenvalue weighted by Gasteiger charge is 2.13. The Hall–Kier alpha value is -5.48. The SMILES string of the molecule is [O-]n1c2ccccc2c2cccc(-c3ccc(-c4ccc(-c5cccc6c7ccccc7n([O-])c56)cc4)cc3)c21. The summed E-state index contributed by atoms with van der Waals surface area (Å²) in [5.74, 6) is 0. The van der Waals surface area contributed by atoms with E-state index >= 15 is 0 Å². The van der Waals surface area contributed by atoms with Crippen molar-refractivity contribution in [1.29, 1.82) is 0 Å². The molecule has 0 fully saturated rings. The molecule has 0 bridgehead atoms. The van der Waals surface area contributed by atoms with Gasteiger partial charge in [0.15, 0.2) is 0 Å². The van der Waals surface area contributed by atoms with E-state index in [-0.39, 0.29) is 0 Å². The van der Waals surface area contributed by atoms with Crippen molar-refractivity contribution in [2.24, 2.45) is 0 Å². The second kappa shape index (κ2) is 8.52. The Morgan fingerprint density at radius 2 is 0.675 bits per heavy atom. The summed E-state index contributed by atoms with van der Waals surface area (Å²) in [6.07, 6.45) is 0. The van der Waals surface area contributed by atoms with Crippen LogP contribution in [0.1, 0.15) is 0 Å². The normalized spacial score (nSPS) is 11.7. The lowest BCUT2D eigenvalue weighted by Gasteiger charge is -2.15. The van der Waals surface area contributed by atoms with Crippen LogP contribution in [0.25, 0.3) is 77.0 Å². The predicted molar refractivity (Wildman–Crippen MR) is 166 cm³/mol. The van der Waals surface area contributed by atoms with Crippen LogP contribution >= 0.6 is 0 Å². The first kappa shape index (κ1) is 22.5. The van der Waals surface area contributed by atoms with Gasteiger partial charge < -0.3 is 19.9 Å². The number of aromatic nitrogens is 2. The standard InChI is InChI=1S/C36H22N2O2/c39-37-33-13-3-1-7-29(33)31-11-5-9-27(35(31)37)25-19-15-23(16-20-25)24-17-21-26(22-18-24)28-10-6-12-32-30-8-2-4-14-34(30)38(40)36(28)32/h1-22H/q-2. The number of para-hydroxylation sites is 4. The van der Waals surface area contributed by atoms with Gasteiger partial charge in [-0.3, -0.25) is 0 Å². The van der Waals surface area contributed by atoms with Crippen molar-refractivity contribution in [3.05, 3.63) is 144 Å². The van der Waals surface area contributed by atoms with Gasteiger partial charge in [-0.25, -0.2) is 0 Å². The van der Waals surface area contributed by atoms with E-state index in [9.17, 15) is 10.4 Å². The lowest BCUT2D eigenvalue weighted by atomic mass is 9.96. The number of rotatable bonds is 3. The number of hydrogen-bond donors (Lipinski definition) is 0.